The first-order chi connectivity index (χ1) is 13.8. The first kappa shape index (κ1) is 21.0. The second kappa shape index (κ2) is 8.74. The number of thiocarbonyl (C=S) groups is 1. The Balaban J connectivity index is 1.87. The molecule has 6 heteroatoms. The molecule has 2 N–H and O–H groups in total. The van der Waals surface area contributed by atoms with Gasteiger partial charge in [-0.3, -0.25) is 14.9 Å². The van der Waals surface area contributed by atoms with E-state index in [1.54, 1.807) is 31.2 Å². The quantitative estimate of drug-likeness (QED) is 0.593. The van der Waals surface area contributed by atoms with Crippen LogP contribution in [0.2, 0.25) is 0 Å². The molecular formula is C23H26N2O3S. The lowest BCUT2D eigenvalue weighted by Gasteiger charge is -2.43. The molecule has 1 aliphatic carbocycles. The first-order valence-electron chi connectivity index (χ1n) is 9.75. The maximum absolute atomic E-state index is 12.9. The van der Waals surface area contributed by atoms with E-state index in [0.717, 1.165) is 17.5 Å². The summed E-state index contributed by atoms with van der Waals surface area (Å²) < 4.78 is 5.38. The summed E-state index contributed by atoms with van der Waals surface area (Å²) in [7, 11) is 0. The van der Waals surface area contributed by atoms with Gasteiger partial charge < -0.3 is 10.1 Å². The van der Waals surface area contributed by atoms with Gasteiger partial charge in [0.1, 0.15) is 0 Å². The van der Waals surface area contributed by atoms with Crippen molar-refractivity contribution in [2.45, 2.75) is 33.2 Å². The van der Waals surface area contributed by atoms with Crippen LogP contribution in [0.15, 0.2) is 54.6 Å². The van der Waals surface area contributed by atoms with Crippen LogP contribution >= 0.6 is 12.2 Å². The van der Waals surface area contributed by atoms with Crippen molar-refractivity contribution in [3.63, 3.8) is 0 Å². The van der Waals surface area contributed by atoms with Crippen LogP contribution in [0.1, 0.15) is 48.3 Å². The van der Waals surface area contributed by atoms with E-state index in [1.807, 2.05) is 24.3 Å². The zero-order chi connectivity index (χ0) is 21.0. The number of amides is 1. The average molecular weight is 411 g/mol. The monoisotopic (exact) mass is 410 g/mol. The van der Waals surface area contributed by atoms with Gasteiger partial charge in [0.15, 0.2) is 5.11 Å². The number of nitrogens with one attached hydrogen (secondary N) is 2. The number of ether oxygens (including phenoxy) is 1. The largest absolute Gasteiger partial charge is 0.466 e. The number of benzene rings is 2. The van der Waals surface area contributed by atoms with Gasteiger partial charge >= 0.3 is 5.97 Å². The minimum absolute atomic E-state index is 0.186. The Morgan fingerprint density at radius 2 is 1.76 bits per heavy atom. The lowest BCUT2D eigenvalue weighted by atomic mass is 9.64. The Morgan fingerprint density at radius 1 is 1.10 bits per heavy atom. The second-order valence-corrected chi connectivity index (χ2v) is 8.27. The van der Waals surface area contributed by atoms with E-state index < -0.39 is 12.0 Å². The summed E-state index contributed by atoms with van der Waals surface area (Å²) in [5, 5.41) is 6.13. The molecule has 3 rings (SSSR count). The number of carbonyl (C=O) groups is 2. The molecule has 0 fully saturated rings. The molecule has 2 aromatic rings. The normalized spacial score (nSPS) is 19.6. The summed E-state index contributed by atoms with van der Waals surface area (Å²) in [6.07, 6.45) is 0.758. The van der Waals surface area contributed by atoms with E-state index in [0.29, 0.717) is 12.2 Å². The summed E-state index contributed by atoms with van der Waals surface area (Å²) >= 11 is 5.42. The molecule has 2 atom stereocenters. The smallest absolute Gasteiger partial charge is 0.311 e. The molecular weight excluding hydrogens is 384 g/mol. The molecule has 0 aromatic heterocycles. The highest BCUT2D eigenvalue weighted by Gasteiger charge is 2.47. The van der Waals surface area contributed by atoms with Gasteiger partial charge in [0.25, 0.3) is 5.91 Å². The molecule has 29 heavy (non-hydrogen) atoms. The van der Waals surface area contributed by atoms with Crippen molar-refractivity contribution in [3.8, 4) is 0 Å². The lowest BCUT2D eigenvalue weighted by molar-refractivity contribution is -0.154. The SMILES string of the molecule is CCOC(=O)[C@@H]1[C@@H](NC(=S)NC(=O)c2ccccc2)c2ccccc2CC1(C)C. The van der Waals surface area contributed by atoms with Crippen LogP contribution in [0, 0.1) is 11.3 Å². The third-order valence-corrected chi connectivity index (χ3v) is 5.52. The van der Waals surface area contributed by atoms with Crippen LogP contribution in [0.5, 0.6) is 0 Å². The third-order valence-electron chi connectivity index (χ3n) is 5.30. The molecule has 0 spiro atoms. The van der Waals surface area contributed by atoms with Crippen molar-refractivity contribution in [3.05, 3.63) is 71.3 Å². The van der Waals surface area contributed by atoms with Crippen LogP contribution in [-0.2, 0) is 16.0 Å². The maximum Gasteiger partial charge on any atom is 0.311 e. The van der Waals surface area contributed by atoms with Gasteiger partial charge in [-0.1, -0.05) is 56.3 Å². The highest BCUT2D eigenvalue weighted by molar-refractivity contribution is 7.80. The fraction of sp³-hybridized carbons (Fsp3) is 0.348. The van der Waals surface area contributed by atoms with Crippen molar-refractivity contribution in [1.29, 1.82) is 0 Å². The molecule has 0 saturated carbocycles. The fourth-order valence-electron chi connectivity index (χ4n) is 4.02. The maximum atomic E-state index is 12.9. The van der Waals surface area contributed by atoms with Gasteiger partial charge in [0, 0.05) is 5.56 Å². The van der Waals surface area contributed by atoms with E-state index in [9.17, 15) is 9.59 Å². The van der Waals surface area contributed by atoms with Crippen LogP contribution in [0.3, 0.4) is 0 Å². The zero-order valence-corrected chi connectivity index (χ0v) is 17.7. The molecule has 0 saturated heterocycles. The molecule has 2 aromatic carbocycles. The number of fused-ring (bicyclic) bond motifs is 1. The number of hydrogen-bond acceptors (Lipinski definition) is 4. The van der Waals surface area contributed by atoms with Crippen LogP contribution < -0.4 is 10.6 Å². The minimum Gasteiger partial charge on any atom is -0.466 e. The van der Waals surface area contributed by atoms with Crippen molar-refractivity contribution in [1.82, 2.24) is 10.6 Å². The van der Waals surface area contributed by atoms with Gasteiger partial charge in [0.2, 0.25) is 0 Å². The Bertz CT molecular complexity index is 911. The molecule has 0 bridgehead atoms. The Hall–Kier alpha value is -2.73. The lowest BCUT2D eigenvalue weighted by Crippen LogP contribution is -2.51. The van der Waals surface area contributed by atoms with Crippen LogP contribution in [0.25, 0.3) is 0 Å². The number of carbonyl (C=O) groups excluding carboxylic acids is 2. The zero-order valence-electron chi connectivity index (χ0n) is 16.9. The van der Waals surface area contributed by atoms with Gasteiger partial charge in [-0.05, 0) is 54.2 Å². The molecule has 0 unspecified atom stereocenters. The summed E-state index contributed by atoms with van der Waals surface area (Å²) in [6, 6.07) is 16.5. The summed E-state index contributed by atoms with van der Waals surface area (Å²) in [5.41, 5.74) is 2.34. The fourth-order valence-corrected chi connectivity index (χ4v) is 4.24. The average Bonchev–Trinajstić information content (AvgIpc) is 2.68. The number of rotatable bonds is 4. The second-order valence-electron chi connectivity index (χ2n) is 7.87. The topological polar surface area (TPSA) is 67.4 Å². The Morgan fingerprint density at radius 3 is 2.45 bits per heavy atom. The third kappa shape index (κ3) is 4.65. The van der Waals surface area contributed by atoms with Gasteiger partial charge in [-0.2, -0.15) is 0 Å². The molecule has 5 nitrogen and oxygen atoms in total. The van der Waals surface area contributed by atoms with Crippen molar-refractivity contribution >= 4 is 29.2 Å². The van der Waals surface area contributed by atoms with Gasteiger partial charge in [-0.15, -0.1) is 0 Å². The number of esters is 1. The van der Waals surface area contributed by atoms with Crippen molar-refractivity contribution in [2.24, 2.45) is 11.3 Å². The van der Waals surface area contributed by atoms with E-state index in [-0.39, 0.29) is 22.4 Å². The van der Waals surface area contributed by atoms with E-state index in [1.165, 1.54) is 0 Å². The molecule has 0 aliphatic heterocycles. The molecule has 0 radical (unpaired) electrons. The molecule has 1 aliphatic rings. The minimum atomic E-state index is -0.441. The highest BCUT2D eigenvalue weighted by Crippen LogP contribution is 2.46. The highest BCUT2D eigenvalue weighted by atomic mass is 32.1. The standard InChI is InChI=1S/C23H26N2O3S/c1-4-28-21(27)18-19(17-13-9-8-12-16(17)14-23(18,2)3)24-22(29)25-20(26)15-10-6-5-7-11-15/h5-13,18-19H,4,14H2,1-3H3,(H2,24,25,26,29)/t18-,19-/m0/s1. The van der Waals surface area contributed by atoms with E-state index >= 15 is 0 Å². The summed E-state index contributed by atoms with van der Waals surface area (Å²) in [4.78, 5) is 25.3. The summed E-state index contributed by atoms with van der Waals surface area (Å²) in [6.45, 7) is 6.24. The van der Waals surface area contributed by atoms with Gasteiger partial charge in [0.05, 0.1) is 18.6 Å². The predicted octanol–water partition coefficient (Wildman–Crippen LogP) is 3.79. The van der Waals surface area contributed by atoms with E-state index in [4.69, 9.17) is 17.0 Å². The van der Waals surface area contributed by atoms with Gasteiger partial charge in [-0.25, -0.2) is 0 Å². The van der Waals surface area contributed by atoms with E-state index in [2.05, 4.69) is 30.5 Å². The van der Waals surface area contributed by atoms with Crippen LogP contribution in [0.4, 0.5) is 0 Å². The van der Waals surface area contributed by atoms with Crippen molar-refractivity contribution in [2.75, 3.05) is 6.61 Å². The Kier molecular flexibility index (Phi) is 6.33. The molecule has 1 amide bonds. The molecule has 0 heterocycles. The van der Waals surface area contributed by atoms with Crippen molar-refractivity contribution < 1.29 is 14.3 Å². The van der Waals surface area contributed by atoms with Crippen LogP contribution in [-0.4, -0.2) is 23.6 Å². The Labute approximate surface area is 176 Å². The number of hydrogen-bond donors (Lipinski definition) is 2. The predicted molar refractivity (Wildman–Crippen MR) is 116 cm³/mol. The molecule has 152 valence electrons. The summed E-state index contributed by atoms with van der Waals surface area (Å²) in [5.74, 6) is -0.996. The first-order valence-corrected chi connectivity index (χ1v) is 10.2.